The van der Waals surface area contributed by atoms with Crippen molar-refractivity contribution in [3.8, 4) is 0 Å². The Bertz CT molecular complexity index is 934. The van der Waals surface area contributed by atoms with Crippen molar-refractivity contribution in [1.82, 2.24) is 15.1 Å². The van der Waals surface area contributed by atoms with E-state index in [0.29, 0.717) is 12.7 Å². The Hall–Kier alpha value is -1.85. The average molecular weight is 431 g/mol. The summed E-state index contributed by atoms with van der Waals surface area (Å²) in [6, 6.07) is 1.64. The van der Waals surface area contributed by atoms with Crippen LogP contribution in [0.25, 0.3) is 0 Å². The van der Waals surface area contributed by atoms with Gasteiger partial charge in [-0.2, -0.15) is 0 Å². The SMILES string of the molecule is C[C@@H]1CO[C@H]2CN3C=C(C(=O)NCc4ccc(F)cc4F)C(=O)C(O)C3C(=O)N12.[H-].[Na+]. The minimum absolute atomic E-state index is 0. The predicted octanol–water partition coefficient (Wildman–Crippen LogP) is -3.22. The van der Waals surface area contributed by atoms with Crippen LogP contribution in [0.2, 0.25) is 0 Å². The maximum atomic E-state index is 13.7. The van der Waals surface area contributed by atoms with E-state index in [-0.39, 0.29) is 61.3 Å². The molecule has 4 rings (SSSR count). The number of amides is 2. The smallest absolute Gasteiger partial charge is 1.00 e. The van der Waals surface area contributed by atoms with Crippen molar-refractivity contribution >= 4 is 17.6 Å². The molecule has 11 heteroatoms. The number of halogens is 2. The zero-order valence-electron chi connectivity index (χ0n) is 17.5. The molecule has 0 aromatic heterocycles. The normalized spacial score (nSPS) is 27.8. The first-order valence-corrected chi connectivity index (χ1v) is 9.13. The topological polar surface area (TPSA) is 99.2 Å². The summed E-state index contributed by atoms with van der Waals surface area (Å²) in [4.78, 5) is 40.7. The molecule has 0 bridgehead atoms. The van der Waals surface area contributed by atoms with Gasteiger partial charge in [-0.25, -0.2) is 8.78 Å². The number of hydrogen-bond acceptors (Lipinski definition) is 6. The number of rotatable bonds is 3. The number of ether oxygens (including phenoxy) is 1. The Balaban J connectivity index is 0.00000171. The summed E-state index contributed by atoms with van der Waals surface area (Å²) in [7, 11) is 0. The van der Waals surface area contributed by atoms with Gasteiger partial charge in [-0.1, -0.05) is 6.07 Å². The van der Waals surface area contributed by atoms with Gasteiger partial charge in [0.25, 0.3) is 11.8 Å². The minimum Gasteiger partial charge on any atom is -1.00 e. The van der Waals surface area contributed by atoms with Crippen molar-refractivity contribution in [2.45, 2.75) is 37.9 Å². The molecule has 30 heavy (non-hydrogen) atoms. The van der Waals surface area contributed by atoms with Crippen LogP contribution in [0.15, 0.2) is 30.0 Å². The van der Waals surface area contributed by atoms with E-state index in [2.05, 4.69) is 5.32 Å². The van der Waals surface area contributed by atoms with Gasteiger partial charge >= 0.3 is 29.6 Å². The second kappa shape index (κ2) is 8.72. The number of Topliss-reactive ketones (excluding diaryl/α,β-unsaturated/α-hetero) is 1. The number of carbonyl (C=O) groups is 3. The summed E-state index contributed by atoms with van der Waals surface area (Å²) in [6.45, 7) is 2.09. The van der Waals surface area contributed by atoms with Crippen molar-refractivity contribution in [2.24, 2.45) is 0 Å². The largest absolute Gasteiger partial charge is 1.00 e. The molecule has 0 radical (unpaired) electrons. The predicted molar refractivity (Wildman–Crippen MR) is 95.0 cm³/mol. The molecule has 0 saturated carbocycles. The van der Waals surface area contributed by atoms with Crippen molar-refractivity contribution in [3.63, 3.8) is 0 Å². The van der Waals surface area contributed by atoms with E-state index < -0.39 is 47.6 Å². The summed E-state index contributed by atoms with van der Waals surface area (Å²) in [5.74, 6) is -3.72. The first-order valence-electron chi connectivity index (χ1n) is 9.13. The fraction of sp³-hybridized carbons (Fsp3) is 0.421. The van der Waals surface area contributed by atoms with Gasteiger partial charge in [0.1, 0.15) is 35.6 Å². The summed E-state index contributed by atoms with van der Waals surface area (Å²) >= 11 is 0. The number of aliphatic hydroxyl groups is 1. The van der Waals surface area contributed by atoms with Gasteiger partial charge in [0, 0.05) is 24.4 Å². The molecule has 1 aromatic carbocycles. The molecule has 2 fully saturated rings. The van der Waals surface area contributed by atoms with E-state index in [1.165, 1.54) is 22.1 Å². The van der Waals surface area contributed by atoms with Gasteiger partial charge in [0.15, 0.2) is 0 Å². The third-order valence-corrected chi connectivity index (χ3v) is 5.37. The van der Waals surface area contributed by atoms with Crippen LogP contribution in [0.5, 0.6) is 0 Å². The average Bonchev–Trinajstić information content (AvgIpc) is 3.04. The standard InChI is InChI=1S/C19H19F2N3O5.Na.H/c1-9-8-29-14-7-23-6-12(16(25)17(26)15(23)19(28)24(9)14)18(27)22-5-10-2-3-11(20)4-13(10)21;;/h2-4,6,9,14-15,17,26H,5,7-8H2,1H3,(H,22,27);;/q;+1;-1/t9-,14+,15?,17?;;/m1../s1. The molecule has 8 nitrogen and oxygen atoms in total. The maximum absolute atomic E-state index is 13.7. The van der Waals surface area contributed by atoms with E-state index in [1.807, 2.05) is 6.92 Å². The van der Waals surface area contributed by atoms with Crippen molar-refractivity contribution in [2.75, 3.05) is 13.2 Å². The number of piperazine rings is 1. The van der Waals surface area contributed by atoms with Crippen LogP contribution in [-0.4, -0.2) is 70.1 Å². The Labute approximate surface area is 194 Å². The number of ketones is 1. The Morgan fingerprint density at radius 1 is 1.37 bits per heavy atom. The molecule has 156 valence electrons. The second-order valence-corrected chi connectivity index (χ2v) is 7.29. The van der Waals surface area contributed by atoms with E-state index in [4.69, 9.17) is 4.74 Å². The number of aliphatic hydroxyl groups excluding tert-OH is 1. The van der Waals surface area contributed by atoms with Crippen molar-refractivity contribution in [1.29, 1.82) is 0 Å². The van der Waals surface area contributed by atoms with Crippen LogP contribution in [-0.2, 0) is 25.7 Å². The summed E-state index contributed by atoms with van der Waals surface area (Å²) < 4.78 is 32.3. The van der Waals surface area contributed by atoms with Crippen LogP contribution >= 0.6 is 0 Å². The van der Waals surface area contributed by atoms with Crippen LogP contribution in [0.1, 0.15) is 13.9 Å². The number of fused-ring (bicyclic) bond motifs is 2. The van der Waals surface area contributed by atoms with Crippen LogP contribution < -0.4 is 34.9 Å². The molecule has 2 saturated heterocycles. The van der Waals surface area contributed by atoms with Gasteiger partial charge in [-0.3, -0.25) is 14.4 Å². The number of benzene rings is 1. The maximum Gasteiger partial charge on any atom is 1.00 e. The van der Waals surface area contributed by atoms with E-state index in [1.54, 1.807) is 0 Å². The fourth-order valence-electron chi connectivity index (χ4n) is 3.87. The fourth-order valence-corrected chi connectivity index (χ4v) is 3.87. The zero-order valence-corrected chi connectivity index (χ0v) is 18.5. The molecule has 3 aliphatic heterocycles. The molecule has 4 atom stereocenters. The third-order valence-electron chi connectivity index (χ3n) is 5.37. The number of carbonyl (C=O) groups excluding carboxylic acids is 3. The van der Waals surface area contributed by atoms with Crippen molar-refractivity contribution < 1.29 is 64.0 Å². The quantitative estimate of drug-likeness (QED) is 0.386. The summed E-state index contributed by atoms with van der Waals surface area (Å²) in [5.41, 5.74) is -0.303. The number of hydrogen-bond donors (Lipinski definition) is 2. The van der Waals surface area contributed by atoms with Gasteiger partial charge < -0.3 is 26.4 Å². The first kappa shape index (κ1) is 22.8. The Morgan fingerprint density at radius 3 is 2.80 bits per heavy atom. The minimum atomic E-state index is -1.70. The molecule has 0 aliphatic carbocycles. The van der Waals surface area contributed by atoms with E-state index in [0.717, 1.165) is 6.07 Å². The van der Waals surface area contributed by atoms with Crippen LogP contribution in [0, 0.1) is 11.6 Å². The van der Waals surface area contributed by atoms with Gasteiger partial charge in [-0.15, -0.1) is 0 Å². The van der Waals surface area contributed by atoms with Crippen LogP contribution in [0.4, 0.5) is 8.78 Å². The third kappa shape index (κ3) is 3.90. The van der Waals surface area contributed by atoms with E-state index in [9.17, 15) is 28.3 Å². The molecule has 3 aliphatic rings. The molecule has 2 N–H and O–H groups in total. The number of nitrogens with zero attached hydrogens (tertiary/aromatic N) is 2. The second-order valence-electron chi connectivity index (χ2n) is 7.29. The molecular formula is C19H20F2N3NaO5. The molecule has 2 unspecified atom stereocenters. The number of nitrogens with one attached hydrogen (secondary N) is 1. The van der Waals surface area contributed by atoms with Crippen molar-refractivity contribution in [3.05, 3.63) is 47.2 Å². The Morgan fingerprint density at radius 2 is 2.10 bits per heavy atom. The molecular weight excluding hydrogens is 411 g/mol. The zero-order chi connectivity index (χ0) is 20.9. The molecule has 2 amide bonds. The van der Waals surface area contributed by atoms with Gasteiger partial charge in [-0.05, 0) is 13.0 Å². The van der Waals surface area contributed by atoms with Gasteiger partial charge in [0.05, 0.1) is 19.2 Å². The molecule has 0 spiro atoms. The summed E-state index contributed by atoms with van der Waals surface area (Å²) in [5, 5.41) is 12.8. The van der Waals surface area contributed by atoms with Crippen LogP contribution in [0.3, 0.4) is 0 Å². The summed E-state index contributed by atoms with van der Waals surface area (Å²) in [6.07, 6.45) is -0.995. The van der Waals surface area contributed by atoms with E-state index >= 15 is 0 Å². The first-order chi connectivity index (χ1) is 13.8. The Kier molecular flexibility index (Phi) is 6.63. The monoisotopic (exact) mass is 431 g/mol. The van der Waals surface area contributed by atoms with Gasteiger partial charge in [0.2, 0.25) is 5.78 Å². The molecule has 3 heterocycles. The molecule has 1 aromatic rings.